The van der Waals surface area contributed by atoms with Crippen molar-refractivity contribution >= 4 is 42.6 Å². The highest BCUT2D eigenvalue weighted by Gasteiger charge is 2.19. The van der Waals surface area contributed by atoms with Crippen LogP contribution >= 0.6 is 15.9 Å². The number of carbonyl (C=O) groups excluding carboxylic acids is 1. The molecule has 0 radical (unpaired) electrons. The van der Waals surface area contributed by atoms with Crippen LogP contribution < -0.4 is 15.0 Å². The SMILES string of the molecule is C[C@H](Oc1ccc2ccccc2c1)C(=O)NNS(=O)(=O)c1cccc(Br)c1. The van der Waals surface area contributed by atoms with Crippen LogP contribution in [0.15, 0.2) is 76.1 Å². The molecule has 0 aliphatic rings. The number of hydrogen-bond acceptors (Lipinski definition) is 4. The highest BCUT2D eigenvalue weighted by molar-refractivity contribution is 9.10. The first-order valence-electron chi connectivity index (χ1n) is 8.08. The lowest BCUT2D eigenvalue weighted by molar-refractivity contribution is -0.127. The minimum Gasteiger partial charge on any atom is -0.481 e. The largest absolute Gasteiger partial charge is 0.481 e. The van der Waals surface area contributed by atoms with Gasteiger partial charge in [-0.05, 0) is 48.0 Å². The monoisotopic (exact) mass is 448 g/mol. The number of fused-ring (bicyclic) bond motifs is 1. The number of nitrogens with one attached hydrogen (secondary N) is 2. The molecule has 3 rings (SSSR count). The molecule has 0 aromatic heterocycles. The maximum Gasteiger partial charge on any atom is 0.275 e. The molecule has 3 aromatic rings. The number of sulfonamides is 1. The smallest absolute Gasteiger partial charge is 0.275 e. The van der Waals surface area contributed by atoms with Crippen molar-refractivity contribution in [3.63, 3.8) is 0 Å². The molecule has 1 amide bonds. The van der Waals surface area contributed by atoms with E-state index in [1.165, 1.54) is 19.1 Å². The molecule has 0 aliphatic carbocycles. The van der Waals surface area contributed by atoms with Crippen molar-refractivity contribution in [1.29, 1.82) is 0 Å². The molecule has 8 heteroatoms. The normalized spacial score (nSPS) is 12.5. The fourth-order valence-corrected chi connectivity index (χ4v) is 3.85. The molecule has 27 heavy (non-hydrogen) atoms. The third-order valence-electron chi connectivity index (χ3n) is 3.82. The molecule has 0 unspecified atom stereocenters. The predicted molar refractivity (Wildman–Crippen MR) is 107 cm³/mol. The van der Waals surface area contributed by atoms with Crippen LogP contribution in [0.5, 0.6) is 5.75 Å². The Bertz CT molecular complexity index is 1090. The Kier molecular flexibility index (Phi) is 5.79. The molecular weight excluding hydrogens is 432 g/mol. The van der Waals surface area contributed by atoms with Gasteiger partial charge in [-0.25, -0.2) is 8.42 Å². The fourth-order valence-electron chi connectivity index (χ4n) is 2.41. The van der Waals surface area contributed by atoms with Gasteiger partial charge in [-0.15, -0.1) is 4.83 Å². The van der Waals surface area contributed by atoms with E-state index in [-0.39, 0.29) is 4.90 Å². The van der Waals surface area contributed by atoms with Gasteiger partial charge >= 0.3 is 0 Å². The van der Waals surface area contributed by atoms with Crippen LogP contribution in [-0.4, -0.2) is 20.4 Å². The lowest BCUT2D eigenvalue weighted by atomic mass is 10.1. The van der Waals surface area contributed by atoms with Crippen LogP contribution in [0, 0.1) is 0 Å². The van der Waals surface area contributed by atoms with E-state index in [1.807, 2.05) is 36.4 Å². The zero-order valence-corrected chi connectivity index (χ0v) is 16.7. The van der Waals surface area contributed by atoms with E-state index in [1.54, 1.807) is 18.2 Å². The summed E-state index contributed by atoms with van der Waals surface area (Å²) in [6.45, 7) is 1.54. The Hall–Kier alpha value is -2.42. The molecule has 0 saturated carbocycles. The van der Waals surface area contributed by atoms with Crippen molar-refractivity contribution in [2.24, 2.45) is 0 Å². The van der Waals surface area contributed by atoms with E-state index in [0.717, 1.165) is 10.8 Å². The summed E-state index contributed by atoms with van der Waals surface area (Å²) >= 11 is 3.21. The Morgan fingerprint density at radius 1 is 1.00 bits per heavy atom. The van der Waals surface area contributed by atoms with Crippen molar-refractivity contribution in [1.82, 2.24) is 10.3 Å². The second-order valence-electron chi connectivity index (χ2n) is 5.82. The van der Waals surface area contributed by atoms with Gasteiger partial charge in [0.15, 0.2) is 6.10 Å². The number of hydrogen-bond donors (Lipinski definition) is 2. The van der Waals surface area contributed by atoms with Crippen LogP contribution in [0.1, 0.15) is 6.92 Å². The summed E-state index contributed by atoms with van der Waals surface area (Å²) in [6.07, 6.45) is -0.892. The third kappa shape index (κ3) is 4.85. The second kappa shape index (κ2) is 8.08. The van der Waals surface area contributed by atoms with Gasteiger partial charge in [0, 0.05) is 4.47 Å². The van der Waals surface area contributed by atoms with Gasteiger partial charge in [-0.2, -0.15) is 0 Å². The first-order valence-corrected chi connectivity index (χ1v) is 10.4. The average Bonchev–Trinajstić information content (AvgIpc) is 2.66. The van der Waals surface area contributed by atoms with Gasteiger partial charge in [-0.1, -0.05) is 52.3 Å². The van der Waals surface area contributed by atoms with Crippen LogP contribution in [-0.2, 0) is 14.8 Å². The number of ether oxygens (including phenoxy) is 1. The van der Waals surface area contributed by atoms with Crippen molar-refractivity contribution < 1.29 is 17.9 Å². The van der Waals surface area contributed by atoms with Crippen LogP contribution in [0.2, 0.25) is 0 Å². The first kappa shape index (κ1) is 19.3. The molecule has 0 aliphatic heterocycles. The maximum atomic E-state index is 12.2. The molecule has 0 spiro atoms. The van der Waals surface area contributed by atoms with E-state index < -0.39 is 22.0 Å². The van der Waals surface area contributed by atoms with Gasteiger partial charge in [-0.3, -0.25) is 10.2 Å². The zero-order valence-electron chi connectivity index (χ0n) is 14.3. The van der Waals surface area contributed by atoms with Crippen LogP contribution in [0.25, 0.3) is 10.8 Å². The molecule has 1 atom stereocenters. The average molecular weight is 449 g/mol. The Labute approximate surface area is 165 Å². The van der Waals surface area contributed by atoms with Gasteiger partial charge in [0.1, 0.15) is 5.75 Å². The number of amides is 1. The highest BCUT2D eigenvalue weighted by Crippen LogP contribution is 2.21. The molecule has 6 nitrogen and oxygen atoms in total. The summed E-state index contributed by atoms with van der Waals surface area (Å²) in [5.74, 6) is -0.0899. The van der Waals surface area contributed by atoms with E-state index >= 15 is 0 Å². The Balaban J connectivity index is 1.63. The number of hydrazine groups is 1. The summed E-state index contributed by atoms with van der Waals surface area (Å²) in [4.78, 5) is 14.3. The molecule has 0 bridgehead atoms. The molecule has 140 valence electrons. The van der Waals surface area contributed by atoms with E-state index in [2.05, 4.69) is 26.2 Å². The number of carbonyl (C=O) groups is 1. The first-order chi connectivity index (χ1) is 12.8. The Morgan fingerprint density at radius 3 is 2.48 bits per heavy atom. The molecule has 0 fully saturated rings. The topological polar surface area (TPSA) is 84.5 Å². The third-order valence-corrected chi connectivity index (χ3v) is 5.56. The summed E-state index contributed by atoms with van der Waals surface area (Å²) in [5, 5.41) is 2.04. The maximum absolute atomic E-state index is 12.2. The standard InChI is InChI=1S/C19H17BrN2O4S/c1-13(26-17-10-9-14-5-2-3-6-15(14)11-17)19(23)21-22-27(24,25)18-8-4-7-16(20)12-18/h2-13,22H,1H3,(H,21,23)/t13-/m0/s1. The summed E-state index contributed by atoms with van der Waals surface area (Å²) < 4.78 is 30.7. The van der Waals surface area contributed by atoms with Crippen LogP contribution in [0.3, 0.4) is 0 Å². The van der Waals surface area contributed by atoms with E-state index in [4.69, 9.17) is 4.74 Å². The molecule has 0 saturated heterocycles. The van der Waals surface area contributed by atoms with Gasteiger partial charge in [0.25, 0.3) is 15.9 Å². The van der Waals surface area contributed by atoms with Gasteiger partial charge in [0.05, 0.1) is 4.90 Å². The van der Waals surface area contributed by atoms with Crippen molar-refractivity contribution in [2.45, 2.75) is 17.9 Å². The van der Waals surface area contributed by atoms with E-state index in [9.17, 15) is 13.2 Å². The quantitative estimate of drug-likeness (QED) is 0.566. The van der Waals surface area contributed by atoms with Gasteiger partial charge in [0.2, 0.25) is 0 Å². The van der Waals surface area contributed by atoms with Crippen molar-refractivity contribution in [3.05, 3.63) is 71.2 Å². The molecule has 3 aromatic carbocycles. The molecule has 0 heterocycles. The lowest BCUT2D eigenvalue weighted by Gasteiger charge is -2.15. The highest BCUT2D eigenvalue weighted by atomic mass is 79.9. The lowest BCUT2D eigenvalue weighted by Crippen LogP contribution is -2.47. The number of rotatable bonds is 6. The number of benzene rings is 3. The minimum absolute atomic E-state index is 0.0280. The summed E-state index contributed by atoms with van der Waals surface area (Å²) in [7, 11) is -3.88. The second-order valence-corrected chi connectivity index (χ2v) is 8.42. The summed E-state index contributed by atoms with van der Waals surface area (Å²) in [5.41, 5.74) is 2.18. The number of halogens is 1. The Morgan fingerprint density at radius 2 is 1.74 bits per heavy atom. The predicted octanol–water partition coefficient (Wildman–Crippen LogP) is 3.38. The van der Waals surface area contributed by atoms with Crippen molar-refractivity contribution in [2.75, 3.05) is 0 Å². The van der Waals surface area contributed by atoms with Gasteiger partial charge < -0.3 is 4.74 Å². The molecular formula is C19H17BrN2O4S. The van der Waals surface area contributed by atoms with Crippen molar-refractivity contribution in [3.8, 4) is 5.75 Å². The minimum atomic E-state index is -3.88. The van der Waals surface area contributed by atoms with E-state index in [0.29, 0.717) is 10.2 Å². The fraction of sp³-hybridized carbons (Fsp3) is 0.105. The van der Waals surface area contributed by atoms with Crippen LogP contribution in [0.4, 0.5) is 0 Å². The summed E-state index contributed by atoms with van der Waals surface area (Å²) in [6, 6.07) is 19.4. The zero-order chi connectivity index (χ0) is 19.4. The molecule has 2 N–H and O–H groups in total.